The Hall–Kier alpha value is -1.49. The number of anilines is 1. The van der Waals surface area contributed by atoms with Crippen LogP contribution in [0.4, 0.5) is 5.69 Å². The lowest BCUT2D eigenvalue weighted by atomic mass is 10.2. The van der Waals surface area contributed by atoms with Crippen molar-refractivity contribution in [2.24, 2.45) is 0 Å². The number of hydrogen-bond acceptors (Lipinski definition) is 2. The Morgan fingerprint density at radius 2 is 1.35 bits per heavy atom. The van der Waals surface area contributed by atoms with Crippen LogP contribution in [0.1, 0.15) is 5.56 Å². The van der Waals surface area contributed by atoms with Crippen molar-refractivity contribution in [1.82, 2.24) is 0 Å². The van der Waals surface area contributed by atoms with Crippen LogP contribution in [0.15, 0.2) is 53.9 Å². The first-order valence-electron chi connectivity index (χ1n) is 5.67. The number of sulfonamides is 1. The van der Waals surface area contributed by atoms with Gasteiger partial charge in [0.25, 0.3) is 10.0 Å². The third-order valence-electron chi connectivity index (χ3n) is 2.41. The molecule has 0 aromatic heterocycles. The van der Waals surface area contributed by atoms with E-state index in [1.165, 1.54) is 6.08 Å². The lowest BCUT2D eigenvalue weighted by Gasteiger charge is -2.04. The van der Waals surface area contributed by atoms with E-state index in [1.54, 1.807) is 48.5 Å². The van der Waals surface area contributed by atoms with Gasteiger partial charge in [0.05, 0.1) is 5.41 Å². The van der Waals surface area contributed by atoms with Gasteiger partial charge in [0.2, 0.25) is 0 Å². The molecule has 0 atom stereocenters. The van der Waals surface area contributed by atoms with E-state index in [0.717, 1.165) is 11.0 Å². The van der Waals surface area contributed by atoms with Gasteiger partial charge < -0.3 is 0 Å². The minimum absolute atomic E-state index is 0.454. The van der Waals surface area contributed by atoms with Crippen LogP contribution in [0.2, 0.25) is 10.0 Å². The monoisotopic (exact) mass is 327 g/mol. The Bertz CT molecular complexity index is 708. The molecule has 0 aliphatic rings. The zero-order valence-corrected chi connectivity index (χ0v) is 12.6. The van der Waals surface area contributed by atoms with E-state index in [-0.39, 0.29) is 0 Å². The molecule has 2 aromatic rings. The molecule has 6 heteroatoms. The third-order valence-corrected chi connectivity index (χ3v) is 3.93. The molecule has 0 saturated heterocycles. The van der Waals surface area contributed by atoms with Crippen molar-refractivity contribution in [2.45, 2.75) is 0 Å². The molecule has 20 heavy (non-hydrogen) atoms. The van der Waals surface area contributed by atoms with Gasteiger partial charge >= 0.3 is 0 Å². The van der Waals surface area contributed by atoms with Crippen molar-refractivity contribution in [3.05, 3.63) is 69.5 Å². The van der Waals surface area contributed by atoms with Gasteiger partial charge in [-0.3, -0.25) is 4.72 Å². The molecule has 104 valence electrons. The average Bonchev–Trinajstić information content (AvgIpc) is 2.41. The van der Waals surface area contributed by atoms with Gasteiger partial charge in [-0.2, -0.15) is 0 Å². The van der Waals surface area contributed by atoms with Crippen LogP contribution in [0.3, 0.4) is 0 Å². The maximum Gasteiger partial charge on any atom is 0.255 e. The molecule has 0 saturated carbocycles. The molecule has 0 fully saturated rings. The molecule has 1 N–H and O–H groups in total. The maximum absolute atomic E-state index is 11.9. The molecule has 0 spiro atoms. The molecule has 0 bridgehead atoms. The van der Waals surface area contributed by atoms with Crippen LogP contribution < -0.4 is 4.72 Å². The van der Waals surface area contributed by atoms with E-state index in [2.05, 4.69) is 4.72 Å². The second kappa shape index (κ2) is 6.31. The summed E-state index contributed by atoms with van der Waals surface area (Å²) in [7, 11) is -3.56. The summed E-state index contributed by atoms with van der Waals surface area (Å²) < 4.78 is 26.2. The molecule has 0 heterocycles. The number of rotatable bonds is 4. The molecular formula is C14H11Cl2NO2S. The normalized spacial score (nSPS) is 11.7. The summed E-state index contributed by atoms with van der Waals surface area (Å²) in [5, 5.41) is 2.25. The van der Waals surface area contributed by atoms with E-state index in [9.17, 15) is 8.42 Å². The van der Waals surface area contributed by atoms with Gasteiger partial charge in [-0.25, -0.2) is 8.42 Å². The maximum atomic E-state index is 11.9. The van der Waals surface area contributed by atoms with Crippen molar-refractivity contribution in [3.8, 4) is 0 Å². The largest absolute Gasteiger partial charge is 0.280 e. The Balaban J connectivity index is 2.11. The smallest absolute Gasteiger partial charge is 0.255 e. The van der Waals surface area contributed by atoms with E-state index in [1.807, 2.05) is 0 Å². The van der Waals surface area contributed by atoms with Crippen molar-refractivity contribution in [2.75, 3.05) is 4.72 Å². The minimum atomic E-state index is -3.56. The first-order valence-corrected chi connectivity index (χ1v) is 7.97. The zero-order chi connectivity index (χ0) is 14.6. The number of halogens is 2. The highest BCUT2D eigenvalue weighted by molar-refractivity contribution is 7.95. The van der Waals surface area contributed by atoms with Gasteiger partial charge in [0.15, 0.2) is 0 Å². The Labute approximate surface area is 127 Å². The highest BCUT2D eigenvalue weighted by atomic mass is 35.5. The highest BCUT2D eigenvalue weighted by Gasteiger charge is 2.05. The second-order valence-electron chi connectivity index (χ2n) is 4.01. The minimum Gasteiger partial charge on any atom is -0.280 e. The van der Waals surface area contributed by atoms with Crippen LogP contribution in [-0.2, 0) is 10.0 Å². The SMILES string of the molecule is O=S(=O)(C=Cc1ccc(Cl)cc1)Nc1ccc(Cl)cc1. The Morgan fingerprint density at radius 1 is 0.850 bits per heavy atom. The summed E-state index contributed by atoms with van der Waals surface area (Å²) in [5.41, 5.74) is 1.20. The van der Waals surface area contributed by atoms with Crippen LogP contribution in [0.5, 0.6) is 0 Å². The van der Waals surface area contributed by atoms with Crippen molar-refractivity contribution >= 4 is 45.0 Å². The number of benzene rings is 2. The molecule has 0 aliphatic heterocycles. The zero-order valence-electron chi connectivity index (χ0n) is 10.3. The third kappa shape index (κ3) is 4.56. The molecule has 0 amide bonds. The van der Waals surface area contributed by atoms with E-state index in [0.29, 0.717) is 15.7 Å². The van der Waals surface area contributed by atoms with Crippen molar-refractivity contribution in [3.63, 3.8) is 0 Å². The lowest BCUT2D eigenvalue weighted by molar-refractivity contribution is 0.609. The first-order chi connectivity index (χ1) is 9.44. The van der Waals surface area contributed by atoms with Crippen LogP contribution in [0.25, 0.3) is 6.08 Å². The fraction of sp³-hybridized carbons (Fsp3) is 0. The second-order valence-corrected chi connectivity index (χ2v) is 6.45. The van der Waals surface area contributed by atoms with Gasteiger partial charge in [-0.15, -0.1) is 0 Å². The summed E-state index contributed by atoms with van der Waals surface area (Å²) >= 11 is 11.5. The van der Waals surface area contributed by atoms with Crippen LogP contribution in [0, 0.1) is 0 Å². The molecule has 2 aromatic carbocycles. The summed E-state index contributed by atoms with van der Waals surface area (Å²) in [5.74, 6) is 0. The fourth-order valence-electron chi connectivity index (χ4n) is 1.46. The topological polar surface area (TPSA) is 46.2 Å². The molecular weight excluding hydrogens is 317 g/mol. The van der Waals surface area contributed by atoms with Gasteiger partial charge in [0, 0.05) is 15.7 Å². The Morgan fingerprint density at radius 3 is 1.90 bits per heavy atom. The number of hydrogen-bond donors (Lipinski definition) is 1. The van der Waals surface area contributed by atoms with Gasteiger partial charge in [-0.05, 0) is 48.0 Å². The molecule has 2 rings (SSSR count). The Kier molecular flexibility index (Phi) is 4.70. The van der Waals surface area contributed by atoms with Crippen molar-refractivity contribution in [1.29, 1.82) is 0 Å². The van der Waals surface area contributed by atoms with Crippen molar-refractivity contribution < 1.29 is 8.42 Å². The average molecular weight is 328 g/mol. The summed E-state index contributed by atoms with van der Waals surface area (Å²) in [6.07, 6.45) is 1.49. The lowest BCUT2D eigenvalue weighted by Crippen LogP contribution is -2.08. The summed E-state index contributed by atoms with van der Waals surface area (Å²) in [6, 6.07) is 13.3. The predicted molar refractivity (Wildman–Crippen MR) is 84.5 cm³/mol. The first kappa shape index (κ1) is 14.9. The summed E-state index contributed by atoms with van der Waals surface area (Å²) in [6.45, 7) is 0. The van der Waals surface area contributed by atoms with E-state index < -0.39 is 10.0 Å². The van der Waals surface area contributed by atoms with Gasteiger partial charge in [-0.1, -0.05) is 35.3 Å². The fourth-order valence-corrected chi connectivity index (χ4v) is 2.58. The van der Waals surface area contributed by atoms with E-state index >= 15 is 0 Å². The molecule has 3 nitrogen and oxygen atoms in total. The van der Waals surface area contributed by atoms with Gasteiger partial charge in [0.1, 0.15) is 0 Å². The number of nitrogens with one attached hydrogen (secondary N) is 1. The van der Waals surface area contributed by atoms with Crippen LogP contribution >= 0.6 is 23.2 Å². The van der Waals surface area contributed by atoms with E-state index in [4.69, 9.17) is 23.2 Å². The highest BCUT2D eigenvalue weighted by Crippen LogP contribution is 2.16. The quantitative estimate of drug-likeness (QED) is 0.904. The molecule has 0 unspecified atom stereocenters. The predicted octanol–water partition coefficient (Wildman–Crippen LogP) is 4.41. The van der Waals surface area contributed by atoms with Crippen LogP contribution in [-0.4, -0.2) is 8.42 Å². The molecule has 0 radical (unpaired) electrons. The molecule has 0 aliphatic carbocycles. The summed E-state index contributed by atoms with van der Waals surface area (Å²) in [4.78, 5) is 0. The standard InChI is InChI=1S/C14H11Cl2NO2S/c15-12-3-1-11(2-4-12)9-10-20(18,19)17-14-7-5-13(16)6-8-14/h1-10,17H.